The Labute approximate surface area is 81.1 Å². The van der Waals surface area contributed by atoms with Gasteiger partial charge in [0, 0.05) is 10.6 Å². The zero-order chi connectivity index (χ0) is 10.4. The quantitative estimate of drug-likeness (QED) is 0.259. The number of terminal acetylenes is 1. The van der Waals surface area contributed by atoms with E-state index in [0.717, 1.165) is 0 Å². The van der Waals surface area contributed by atoms with Gasteiger partial charge >= 0.3 is 0 Å². The van der Waals surface area contributed by atoms with Crippen molar-refractivity contribution in [2.45, 2.75) is 0 Å². The second-order valence-electron chi connectivity index (χ2n) is 2.40. The van der Waals surface area contributed by atoms with E-state index in [9.17, 15) is 0 Å². The van der Waals surface area contributed by atoms with E-state index in [2.05, 4.69) is 15.9 Å². The standard InChI is InChI=1S/C9H8N4O/c1-2-5-14-9-6-7(12-13-11)3-4-8(9)10/h1,3-4,6H,5,10H2. The molecule has 0 aliphatic carbocycles. The summed E-state index contributed by atoms with van der Waals surface area (Å²) in [6.07, 6.45) is 5.03. The minimum Gasteiger partial charge on any atom is -0.479 e. The van der Waals surface area contributed by atoms with Crippen LogP contribution in [-0.2, 0) is 0 Å². The highest BCUT2D eigenvalue weighted by atomic mass is 16.5. The number of benzene rings is 1. The van der Waals surface area contributed by atoms with Crippen molar-refractivity contribution in [3.05, 3.63) is 28.6 Å². The first-order valence-corrected chi connectivity index (χ1v) is 3.79. The number of nitrogens with zero attached hydrogens (tertiary/aromatic N) is 3. The number of hydrogen-bond donors (Lipinski definition) is 1. The molecule has 5 heteroatoms. The predicted octanol–water partition coefficient (Wildman–Crippen LogP) is 2.22. The maximum absolute atomic E-state index is 8.21. The van der Waals surface area contributed by atoms with Crippen LogP contribution in [0.15, 0.2) is 23.3 Å². The molecule has 1 rings (SSSR count). The summed E-state index contributed by atoms with van der Waals surface area (Å²) >= 11 is 0. The van der Waals surface area contributed by atoms with Gasteiger partial charge in [0.1, 0.15) is 12.4 Å². The molecule has 70 valence electrons. The molecular formula is C9H8N4O. The van der Waals surface area contributed by atoms with Crippen molar-refractivity contribution < 1.29 is 4.74 Å². The molecule has 0 aliphatic rings. The summed E-state index contributed by atoms with van der Waals surface area (Å²) in [5, 5.41) is 3.41. The lowest BCUT2D eigenvalue weighted by molar-refractivity contribution is 0.372. The van der Waals surface area contributed by atoms with Crippen molar-refractivity contribution in [1.29, 1.82) is 0 Å². The molecule has 5 nitrogen and oxygen atoms in total. The molecule has 0 aliphatic heterocycles. The summed E-state index contributed by atoms with van der Waals surface area (Å²) in [6.45, 7) is 0.129. The monoisotopic (exact) mass is 188 g/mol. The second-order valence-corrected chi connectivity index (χ2v) is 2.40. The SMILES string of the molecule is C#CCOc1cc(N=[N+]=[N-])ccc1N. The first-order chi connectivity index (χ1) is 6.77. The second kappa shape index (κ2) is 4.65. The Bertz CT molecular complexity index is 415. The van der Waals surface area contributed by atoms with Gasteiger partial charge in [0.05, 0.1) is 5.69 Å². The Kier molecular flexibility index (Phi) is 3.25. The lowest BCUT2D eigenvalue weighted by Gasteiger charge is -2.05. The Morgan fingerprint density at radius 3 is 3.07 bits per heavy atom. The fourth-order valence-electron chi connectivity index (χ4n) is 0.881. The molecule has 2 N–H and O–H groups in total. The van der Waals surface area contributed by atoms with Gasteiger partial charge < -0.3 is 10.5 Å². The van der Waals surface area contributed by atoms with E-state index in [-0.39, 0.29) is 6.61 Å². The highest BCUT2D eigenvalue weighted by Gasteiger charge is 2.00. The van der Waals surface area contributed by atoms with Crippen LogP contribution in [0.2, 0.25) is 0 Å². The minimum absolute atomic E-state index is 0.129. The van der Waals surface area contributed by atoms with Crippen molar-refractivity contribution >= 4 is 11.4 Å². The van der Waals surface area contributed by atoms with Gasteiger partial charge in [0.2, 0.25) is 0 Å². The van der Waals surface area contributed by atoms with E-state index < -0.39 is 0 Å². The number of nitrogens with two attached hydrogens (primary N) is 1. The molecule has 0 spiro atoms. The molecule has 0 fully saturated rings. The van der Waals surface area contributed by atoms with Crippen LogP contribution in [0, 0.1) is 12.3 Å². The van der Waals surface area contributed by atoms with Crippen LogP contribution in [0.3, 0.4) is 0 Å². The third-order valence-corrected chi connectivity index (χ3v) is 1.47. The summed E-state index contributed by atoms with van der Waals surface area (Å²) in [6, 6.07) is 4.72. The summed E-state index contributed by atoms with van der Waals surface area (Å²) in [5.41, 5.74) is 14.7. The van der Waals surface area contributed by atoms with Crippen molar-refractivity contribution in [2.75, 3.05) is 12.3 Å². The Morgan fingerprint density at radius 1 is 1.64 bits per heavy atom. The van der Waals surface area contributed by atoms with Gasteiger partial charge in [0.25, 0.3) is 0 Å². The largest absolute Gasteiger partial charge is 0.479 e. The zero-order valence-electron chi connectivity index (χ0n) is 7.34. The molecule has 1 aromatic carbocycles. The predicted molar refractivity (Wildman–Crippen MR) is 54.0 cm³/mol. The lowest BCUT2D eigenvalue weighted by Crippen LogP contribution is -1.97. The smallest absolute Gasteiger partial charge is 0.148 e. The van der Waals surface area contributed by atoms with Gasteiger partial charge in [-0.2, -0.15) is 0 Å². The average molecular weight is 188 g/mol. The summed E-state index contributed by atoms with van der Waals surface area (Å²) in [5.74, 6) is 2.74. The van der Waals surface area contributed by atoms with Crippen LogP contribution in [0.4, 0.5) is 11.4 Å². The molecule has 0 unspecified atom stereocenters. The van der Waals surface area contributed by atoms with Crippen LogP contribution in [0.5, 0.6) is 5.75 Å². The van der Waals surface area contributed by atoms with Crippen molar-refractivity contribution in [3.63, 3.8) is 0 Å². The van der Waals surface area contributed by atoms with Crippen LogP contribution < -0.4 is 10.5 Å². The van der Waals surface area contributed by atoms with Gasteiger partial charge in [-0.05, 0) is 17.7 Å². The Morgan fingerprint density at radius 2 is 2.43 bits per heavy atom. The number of azide groups is 1. The minimum atomic E-state index is 0.129. The molecule has 0 bridgehead atoms. The van der Waals surface area contributed by atoms with Crippen molar-refractivity contribution in [3.8, 4) is 18.1 Å². The van der Waals surface area contributed by atoms with Gasteiger partial charge in [-0.3, -0.25) is 0 Å². The number of anilines is 1. The Balaban J connectivity index is 2.96. The topological polar surface area (TPSA) is 84.0 Å². The molecule has 0 saturated heterocycles. The van der Waals surface area contributed by atoms with E-state index in [1.54, 1.807) is 12.1 Å². The fourth-order valence-corrected chi connectivity index (χ4v) is 0.881. The van der Waals surface area contributed by atoms with Crippen LogP contribution in [-0.4, -0.2) is 6.61 Å². The molecule has 0 amide bonds. The number of rotatable bonds is 3. The molecule has 0 saturated carbocycles. The normalized spacial score (nSPS) is 8.50. The van der Waals surface area contributed by atoms with E-state index in [1.807, 2.05) is 0 Å². The van der Waals surface area contributed by atoms with Gasteiger partial charge in [0.15, 0.2) is 0 Å². The number of ether oxygens (including phenoxy) is 1. The average Bonchev–Trinajstić information content (AvgIpc) is 2.19. The van der Waals surface area contributed by atoms with Crippen LogP contribution >= 0.6 is 0 Å². The third kappa shape index (κ3) is 2.34. The maximum atomic E-state index is 8.21. The molecule has 0 radical (unpaired) electrons. The number of hydrogen-bond acceptors (Lipinski definition) is 3. The van der Waals surface area contributed by atoms with Gasteiger partial charge in [-0.1, -0.05) is 17.1 Å². The van der Waals surface area contributed by atoms with Crippen molar-refractivity contribution in [1.82, 2.24) is 0 Å². The first kappa shape index (κ1) is 9.78. The van der Waals surface area contributed by atoms with Crippen LogP contribution in [0.25, 0.3) is 10.4 Å². The summed E-state index contributed by atoms with van der Waals surface area (Å²) in [7, 11) is 0. The molecule has 1 aromatic rings. The highest BCUT2D eigenvalue weighted by Crippen LogP contribution is 2.26. The van der Waals surface area contributed by atoms with Crippen LogP contribution in [0.1, 0.15) is 0 Å². The maximum Gasteiger partial charge on any atom is 0.148 e. The molecule has 0 heterocycles. The molecule has 0 atom stereocenters. The highest BCUT2D eigenvalue weighted by molar-refractivity contribution is 5.59. The molecular weight excluding hydrogens is 180 g/mol. The van der Waals surface area contributed by atoms with E-state index in [0.29, 0.717) is 17.1 Å². The number of nitrogen functional groups attached to an aromatic ring is 1. The molecule has 0 aromatic heterocycles. The van der Waals surface area contributed by atoms with Gasteiger partial charge in [-0.15, -0.1) is 6.42 Å². The first-order valence-electron chi connectivity index (χ1n) is 3.79. The zero-order valence-corrected chi connectivity index (χ0v) is 7.34. The van der Waals surface area contributed by atoms with Crippen molar-refractivity contribution in [2.24, 2.45) is 5.11 Å². The summed E-state index contributed by atoms with van der Waals surface area (Å²) in [4.78, 5) is 2.65. The Hall–Kier alpha value is -2.31. The fraction of sp³-hybridized carbons (Fsp3) is 0.111. The summed E-state index contributed by atoms with van der Waals surface area (Å²) < 4.78 is 5.13. The lowest BCUT2D eigenvalue weighted by atomic mass is 10.2. The molecule has 14 heavy (non-hydrogen) atoms. The van der Waals surface area contributed by atoms with E-state index in [1.165, 1.54) is 6.07 Å². The third-order valence-electron chi connectivity index (χ3n) is 1.47. The van der Waals surface area contributed by atoms with E-state index in [4.69, 9.17) is 22.4 Å². The van der Waals surface area contributed by atoms with E-state index >= 15 is 0 Å². The van der Waals surface area contributed by atoms with Gasteiger partial charge in [-0.25, -0.2) is 0 Å².